The number of carboxylic acids is 1. The van der Waals surface area contributed by atoms with Gasteiger partial charge in [-0.15, -0.1) is 0 Å². The minimum Gasteiger partial charge on any atom is -0.493 e. The Hall–Kier alpha value is -4.51. The van der Waals surface area contributed by atoms with Crippen LogP contribution in [0.4, 0.5) is 18.9 Å². The van der Waals surface area contributed by atoms with Crippen LogP contribution in [0, 0.1) is 0 Å². The molecule has 0 saturated heterocycles. The third kappa shape index (κ3) is 7.82. The van der Waals surface area contributed by atoms with Gasteiger partial charge in [-0.1, -0.05) is 6.07 Å². The zero-order valence-electron chi connectivity index (χ0n) is 22.8. The number of sulfonamides is 1. The van der Waals surface area contributed by atoms with Crippen LogP contribution < -0.4 is 25.6 Å². The third-order valence-corrected chi connectivity index (χ3v) is 6.97. The van der Waals surface area contributed by atoms with Crippen molar-refractivity contribution in [1.29, 1.82) is 0 Å². The zero-order chi connectivity index (χ0) is 31.2. The Kier molecular flexibility index (Phi) is 9.90. The Morgan fingerprint density at radius 3 is 2.26 bits per heavy atom. The number of hydrogen-bond donors (Lipinski definition) is 3. The van der Waals surface area contributed by atoms with Crippen LogP contribution in [0.25, 0.3) is 11.0 Å². The SMILES string of the molecule is Cn1cnc(S(=O)(=O)Nc2cc3c(cc2Oc2cccc(OCCCCN)c2)n(C)c(=O)n3C)c1.O=C(O)C(F)(F)F. The maximum Gasteiger partial charge on any atom is 0.490 e. The number of aromatic nitrogens is 4. The molecule has 0 unspecified atom stereocenters. The van der Waals surface area contributed by atoms with E-state index in [1.54, 1.807) is 51.5 Å². The van der Waals surface area contributed by atoms with Crippen LogP contribution in [0.1, 0.15) is 12.8 Å². The summed E-state index contributed by atoms with van der Waals surface area (Å²) in [5, 5.41) is 6.99. The second kappa shape index (κ2) is 13.0. The summed E-state index contributed by atoms with van der Waals surface area (Å²) in [5.74, 6) is -1.48. The van der Waals surface area contributed by atoms with Crippen molar-refractivity contribution in [2.24, 2.45) is 26.9 Å². The maximum absolute atomic E-state index is 13.0. The summed E-state index contributed by atoms with van der Waals surface area (Å²) < 4.78 is 76.6. The molecule has 0 atom stereocenters. The number of nitrogens with one attached hydrogen (secondary N) is 1. The first-order chi connectivity index (χ1) is 19.6. The molecule has 2 heterocycles. The predicted molar refractivity (Wildman–Crippen MR) is 146 cm³/mol. The van der Waals surface area contributed by atoms with Crippen molar-refractivity contribution in [3.63, 3.8) is 0 Å². The normalized spacial score (nSPS) is 11.6. The van der Waals surface area contributed by atoms with Gasteiger partial charge in [0.15, 0.2) is 10.8 Å². The molecule has 0 bridgehead atoms. The van der Waals surface area contributed by atoms with Crippen molar-refractivity contribution in [2.75, 3.05) is 17.9 Å². The number of nitrogens with two attached hydrogens (primary N) is 1. The number of hydrogen-bond acceptors (Lipinski definition) is 8. The quantitative estimate of drug-likeness (QED) is 0.227. The standard InChI is InChI=1S/C23H28N6O5S.C2HF3O2/c1-27-14-22(25-15-27)35(31,32)26-18-12-19-20(29(3)23(30)28(19)2)13-21(18)34-17-8-6-7-16(11-17)33-10-5-4-9-24;3-2(4,5)1(6)7/h6-8,11-15,26H,4-5,9-10,24H2,1-3H3;(H,6,7). The summed E-state index contributed by atoms with van der Waals surface area (Å²) in [6.07, 6.45) is -0.592. The van der Waals surface area contributed by atoms with Crippen LogP contribution in [0.5, 0.6) is 17.2 Å². The van der Waals surface area contributed by atoms with Crippen LogP contribution >= 0.6 is 0 Å². The summed E-state index contributed by atoms with van der Waals surface area (Å²) in [5.41, 5.74) is 6.57. The van der Waals surface area contributed by atoms with Crippen molar-refractivity contribution in [2.45, 2.75) is 24.0 Å². The molecule has 228 valence electrons. The first-order valence-corrected chi connectivity index (χ1v) is 13.7. The number of ether oxygens (including phenoxy) is 2. The number of imidazole rings is 2. The van der Waals surface area contributed by atoms with Gasteiger partial charge in [-0.2, -0.15) is 21.6 Å². The molecule has 42 heavy (non-hydrogen) atoms. The number of aliphatic carboxylic acids is 1. The third-order valence-electron chi connectivity index (χ3n) is 5.72. The van der Waals surface area contributed by atoms with Crippen molar-refractivity contribution in [3.8, 4) is 17.2 Å². The van der Waals surface area contributed by atoms with Gasteiger partial charge >= 0.3 is 17.8 Å². The predicted octanol–water partition coefficient (Wildman–Crippen LogP) is 2.95. The Labute approximate surface area is 237 Å². The van der Waals surface area contributed by atoms with E-state index in [0.717, 1.165) is 12.8 Å². The number of benzene rings is 2. The Morgan fingerprint density at radius 2 is 1.69 bits per heavy atom. The van der Waals surface area contributed by atoms with E-state index in [1.807, 2.05) is 6.07 Å². The summed E-state index contributed by atoms with van der Waals surface area (Å²) in [6, 6.07) is 10.2. The lowest BCUT2D eigenvalue weighted by Gasteiger charge is -2.14. The molecule has 13 nitrogen and oxygen atoms in total. The van der Waals surface area contributed by atoms with Crippen LogP contribution in [0.3, 0.4) is 0 Å². The molecular formula is C25H29F3N6O7S. The highest BCUT2D eigenvalue weighted by Gasteiger charge is 2.38. The van der Waals surface area contributed by atoms with Gasteiger partial charge in [-0.05, 0) is 37.6 Å². The highest BCUT2D eigenvalue weighted by Crippen LogP contribution is 2.35. The van der Waals surface area contributed by atoms with Gasteiger partial charge < -0.3 is 24.9 Å². The van der Waals surface area contributed by atoms with E-state index < -0.39 is 22.2 Å². The number of aryl methyl sites for hydroxylation is 3. The molecule has 4 rings (SSSR count). The number of carbonyl (C=O) groups is 1. The molecular weight excluding hydrogens is 585 g/mol. The molecule has 4 N–H and O–H groups in total. The second-order valence-electron chi connectivity index (χ2n) is 8.94. The number of nitrogens with zero attached hydrogens (tertiary/aromatic N) is 4. The Balaban J connectivity index is 0.000000616. The lowest BCUT2D eigenvalue weighted by atomic mass is 10.2. The molecule has 2 aromatic carbocycles. The van der Waals surface area contributed by atoms with Crippen LogP contribution in [-0.4, -0.2) is 57.5 Å². The first-order valence-electron chi connectivity index (χ1n) is 12.2. The van der Waals surface area contributed by atoms with Gasteiger partial charge in [-0.3, -0.25) is 13.9 Å². The van der Waals surface area contributed by atoms with Crippen molar-refractivity contribution < 1.29 is 41.0 Å². The second-order valence-corrected chi connectivity index (χ2v) is 10.6. The molecule has 0 spiro atoms. The lowest BCUT2D eigenvalue weighted by molar-refractivity contribution is -0.192. The maximum atomic E-state index is 13.0. The van der Waals surface area contributed by atoms with E-state index in [-0.39, 0.29) is 22.2 Å². The topological polar surface area (TPSA) is 173 Å². The molecule has 4 aromatic rings. The van der Waals surface area contributed by atoms with E-state index in [9.17, 15) is 26.4 Å². The Bertz CT molecular complexity index is 1730. The summed E-state index contributed by atoms with van der Waals surface area (Å²) in [7, 11) is 0.929. The summed E-state index contributed by atoms with van der Waals surface area (Å²) in [4.78, 5) is 25.3. The van der Waals surface area contributed by atoms with Gasteiger partial charge in [0.05, 0.1) is 29.7 Å². The van der Waals surface area contributed by atoms with Crippen LogP contribution in [0.15, 0.2) is 58.7 Å². The van der Waals surface area contributed by atoms with Crippen LogP contribution in [0.2, 0.25) is 0 Å². The molecule has 0 saturated carbocycles. The number of rotatable bonds is 10. The molecule has 0 aliphatic heterocycles. The highest BCUT2D eigenvalue weighted by molar-refractivity contribution is 7.92. The van der Waals surface area contributed by atoms with E-state index in [4.69, 9.17) is 25.1 Å². The fourth-order valence-electron chi connectivity index (χ4n) is 3.61. The van der Waals surface area contributed by atoms with E-state index in [1.165, 1.54) is 26.2 Å². The largest absolute Gasteiger partial charge is 0.493 e. The average Bonchev–Trinajstić information content (AvgIpc) is 3.45. The molecule has 2 aromatic heterocycles. The molecule has 0 aliphatic carbocycles. The minimum atomic E-state index is -5.08. The van der Waals surface area contributed by atoms with Gasteiger partial charge in [0.1, 0.15) is 11.5 Å². The van der Waals surface area contributed by atoms with E-state index in [2.05, 4.69) is 9.71 Å². The fraction of sp³-hybridized carbons (Fsp3) is 0.320. The number of unbranched alkanes of at least 4 members (excludes halogenated alkanes) is 1. The molecule has 0 aliphatic rings. The first kappa shape index (κ1) is 32.0. The number of alkyl halides is 3. The van der Waals surface area contributed by atoms with Gasteiger partial charge in [-0.25, -0.2) is 14.6 Å². The zero-order valence-corrected chi connectivity index (χ0v) is 23.6. The molecule has 0 amide bonds. The lowest BCUT2D eigenvalue weighted by Crippen LogP contribution is -2.21. The van der Waals surface area contributed by atoms with Gasteiger partial charge in [0.25, 0.3) is 10.0 Å². The van der Waals surface area contributed by atoms with Crippen molar-refractivity contribution >= 4 is 32.7 Å². The number of anilines is 1. The van der Waals surface area contributed by atoms with Gasteiger partial charge in [0.2, 0.25) is 0 Å². The number of fused-ring (bicyclic) bond motifs is 1. The van der Waals surface area contributed by atoms with E-state index in [0.29, 0.717) is 35.7 Å². The van der Waals surface area contributed by atoms with Gasteiger partial charge in [0, 0.05) is 39.5 Å². The van der Waals surface area contributed by atoms with E-state index >= 15 is 0 Å². The van der Waals surface area contributed by atoms with Crippen LogP contribution in [-0.2, 0) is 36.0 Å². The molecule has 0 radical (unpaired) electrons. The summed E-state index contributed by atoms with van der Waals surface area (Å²) in [6.45, 7) is 1.13. The minimum absolute atomic E-state index is 0.138. The molecule has 17 heteroatoms. The monoisotopic (exact) mass is 614 g/mol. The Morgan fingerprint density at radius 1 is 1.07 bits per heavy atom. The fourth-order valence-corrected chi connectivity index (χ4v) is 4.65. The van der Waals surface area contributed by atoms with Crippen molar-refractivity contribution in [3.05, 3.63) is 59.4 Å². The molecule has 0 fully saturated rings. The number of carboxylic acid groups (broad SMARTS) is 1. The average molecular weight is 615 g/mol. The highest BCUT2D eigenvalue weighted by atomic mass is 32.2. The van der Waals surface area contributed by atoms with Crippen molar-refractivity contribution in [1.82, 2.24) is 18.7 Å². The smallest absolute Gasteiger partial charge is 0.490 e. The number of halogens is 3. The summed E-state index contributed by atoms with van der Waals surface area (Å²) >= 11 is 0.